The molecule has 0 radical (unpaired) electrons. The number of ether oxygens (including phenoxy) is 1. The standard InChI is InChI=1S/C24H34O5S.Na/c1-2-3-4-5-6-7-8-9-10-11-14-20-15-12-13-16-22(20)29-23-19-21(25)17-18-24(23)30(26,27)28;/h12-13,15-19,25H,2-11,14H2,1H3,(H,26,27,28);/q;+1/p-1. The molecule has 0 unspecified atom stereocenters. The summed E-state index contributed by atoms with van der Waals surface area (Å²) in [5.41, 5.74) is 0.953. The summed E-state index contributed by atoms with van der Waals surface area (Å²) in [5, 5.41) is 11.7. The Balaban J connectivity index is 0.00000480. The van der Waals surface area contributed by atoms with Crippen molar-refractivity contribution in [3.8, 4) is 17.2 Å². The van der Waals surface area contributed by atoms with E-state index < -0.39 is 15.0 Å². The minimum atomic E-state index is -4.48. The van der Waals surface area contributed by atoms with Gasteiger partial charge < -0.3 is 9.84 Å². The first-order chi connectivity index (χ1) is 14.4. The molecular weight excluding hydrogens is 423 g/mol. The third kappa shape index (κ3) is 10.4. The van der Waals surface area contributed by atoms with Crippen LogP contribution in [0.25, 0.3) is 0 Å². The summed E-state index contributed by atoms with van der Waals surface area (Å²) < 4.78 is 38.3. The van der Waals surface area contributed by atoms with Crippen LogP contribution in [0.3, 0.4) is 0 Å². The number of rotatable bonds is 14. The Hall–Kier alpha value is -1.05. The molecule has 2 aromatic rings. The summed E-state index contributed by atoms with van der Waals surface area (Å²) in [6.07, 6.45) is 13.4. The predicted molar refractivity (Wildman–Crippen MR) is 118 cm³/mol. The van der Waals surface area contributed by atoms with Gasteiger partial charge in [0, 0.05) is 0 Å². The first kappa shape index (κ1) is 28.0. The van der Waals surface area contributed by atoms with Crippen molar-refractivity contribution in [2.45, 2.75) is 82.4 Å². The molecule has 0 heterocycles. The monoisotopic (exact) mass is 456 g/mol. The zero-order valence-corrected chi connectivity index (χ0v) is 21.6. The van der Waals surface area contributed by atoms with Gasteiger partial charge in [0.15, 0.2) is 0 Å². The van der Waals surface area contributed by atoms with Crippen LogP contribution >= 0.6 is 0 Å². The molecular formula is C24H33NaO5S. The summed E-state index contributed by atoms with van der Waals surface area (Å²) >= 11 is 0. The Labute approximate surface area is 209 Å². The molecule has 2 aromatic carbocycles. The molecule has 0 amide bonds. The Morgan fingerprint density at radius 3 is 2.03 bits per heavy atom. The molecule has 5 nitrogen and oxygen atoms in total. The summed E-state index contributed by atoms with van der Waals surface area (Å²) in [4.78, 5) is -0.407. The first-order valence-electron chi connectivity index (χ1n) is 11.0. The van der Waals surface area contributed by atoms with E-state index in [1.807, 2.05) is 12.1 Å². The van der Waals surface area contributed by atoms with Crippen LogP contribution in [0.5, 0.6) is 17.2 Å². The van der Waals surface area contributed by atoms with Crippen molar-refractivity contribution >= 4 is 10.1 Å². The summed E-state index contributed by atoms with van der Waals surface area (Å²) in [6, 6.07) is 10.6. The van der Waals surface area contributed by atoms with E-state index in [1.165, 1.54) is 51.4 Å². The van der Waals surface area contributed by atoms with E-state index in [9.17, 15) is 18.1 Å². The number of benzene rings is 2. The van der Waals surface area contributed by atoms with E-state index in [2.05, 4.69) is 6.92 Å². The van der Waals surface area contributed by atoms with Crippen molar-refractivity contribution < 1.29 is 52.4 Å². The molecule has 0 bridgehead atoms. The summed E-state index contributed by atoms with van der Waals surface area (Å²) in [7, 11) is -4.48. The molecule has 0 aliphatic rings. The van der Waals surface area contributed by atoms with E-state index in [1.54, 1.807) is 12.1 Å². The van der Waals surface area contributed by atoms with Crippen molar-refractivity contribution in [1.29, 1.82) is 0 Å². The zero-order valence-electron chi connectivity index (χ0n) is 18.8. The molecule has 7 heteroatoms. The fourth-order valence-electron chi connectivity index (χ4n) is 3.51. The van der Waals surface area contributed by atoms with E-state index in [4.69, 9.17) is 4.74 Å². The van der Waals surface area contributed by atoms with Gasteiger partial charge in [-0.05, 0) is 36.6 Å². The van der Waals surface area contributed by atoms with Gasteiger partial charge in [0.25, 0.3) is 10.1 Å². The second-order valence-corrected chi connectivity index (χ2v) is 9.12. The molecule has 166 valence electrons. The molecule has 0 atom stereocenters. The molecule has 0 aliphatic heterocycles. The number of hydrogen-bond acceptors (Lipinski definition) is 4. The maximum atomic E-state index is 11.7. The first-order valence-corrected chi connectivity index (χ1v) is 12.4. The molecule has 0 saturated carbocycles. The van der Waals surface area contributed by atoms with Crippen LogP contribution in [0.15, 0.2) is 47.4 Å². The van der Waals surface area contributed by atoms with Crippen molar-refractivity contribution in [3.63, 3.8) is 0 Å². The van der Waals surface area contributed by atoms with Crippen LogP contribution in [-0.2, 0) is 16.5 Å². The summed E-state index contributed by atoms with van der Waals surface area (Å²) in [5.74, 6) is -0.0333. The van der Waals surface area contributed by atoms with Crippen molar-refractivity contribution in [2.24, 2.45) is 0 Å². The van der Waals surface area contributed by atoms with Crippen LogP contribution in [0.4, 0.5) is 0 Å². The van der Waals surface area contributed by atoms with Crippen LogP contribution in [0, 0.1) is 0 Å². The fourth-order valence-corrected chi connectivity index (χ4v) is 4.11. The van der Waals surface area contributed by atoms with Gasteiger partial charge in [0.2, 0.25) is 0 Å². The number of unbranched alkanes of at least 4 members (excludes halogenated alkanes) is 9. The Morgan fingerprint density at radius 1 is 0.839 bits per heavy atom. The van der Waals surface area contributed by atoms with Gasteiger partial charge >= 0.3 is 29.6 Å². The maximum Gasteiger partial charge on any atom is 1.00 e. The Kier molecular flexibility index (Phi) is 13.5. The molecule has 1 N–H and O–H groups in total. The van der Waals surface area contributed by atoms with Gasteiger partial charge in [0.05, 0.1) is 0 Å². The van der Waals surface area contributed by atoms with Gasteiger partial charge in [-0.3, -0.25) is 4.55 Å². The molecule has 2 rings (SSSR count). The van der Waals surface area contributed by atoms with Crippen LogP contribution < -0.4 is 39.4 Å². The van der Waals surface area contributed by atoms with Gasteiger partial charge in [-0.2, -0.15) is 8.42 Å². The quantitative estimate of drug-likeness (QED) is 0.268. The number of hydrogen-bond donors (Lipinski definition) is 1. The molecule has 0 saturated heterocycles. The normalized spacial score (nSPS) is 11.2. The van der Waals surface area contributed by atoms with Gasteiger partial charge in [0.1, 0.15) is 16.4 Å². The molecule has 31 heavy (non-hydrogen) atoms. The van der Waals surface area contributed by atoms with Crippen LogP contribution in [0.2, 0.25) is 0 Å². The van der Waals surface area contributed by atoms with E-state index >= 15 is 0 Å². The third-order valence-corrected chi connectivity index (χ3v) is 6.08. The van der Waals surface area contributed by atoms with Crippen LogP contribution in [-0.4, -0.2) is 13.0 Å². The van der Waals surface area contributed by atoms with Gasteiger partial charge in [-0.15, -0.1) is 5.75 Å². The van der Waals surface area contributed by atoms with E-state index in [0.717, 1.165) is 43.0 Å². The largest absolute Gasteiger partial charge is 1.00 e. The SMILES string of the molecule is CCCCCCCCCCCCc1ccccc1Oc1cc([O-])ccc1S(=O)(=O)O.[Na+]. The summed E-state index contributed by atoms with van der Waals surface area (Å²) in [6.45, 7) is 2.23. The average Bonchev–Trinajstić information content (AvgIpc) is 2.69. The minimum Gasteiger partial charge on any atom is -0.872 e. The van der Waals surface area contributed by atoms with E-state index in [-0.39, 0.29) is 41.1 Å². The van der Waals surface area contributed by atoms with Crippen LogP contribution in [0.1, 0.15) is 76.7 Å². The number of aryl methyl sites for hydroxylation is 1. The van der Waals surface area contributed by atoms with Crippen molar-refractivity contribution in [1.82, 2.24) is 0 Å². The van der Waals surface area contributed by atoms with Crippen molar-refractivity contribution in [3.05, 3.63) is 48.0 Å². The second-order valence-electron chi connectivity index (χ2n) is 7.73. The molecule has 0 aliphatic carbocycles. The van der Waals surface area contributed by atoms with Gasteiger partial charge in [-0.25, -0.2) is 0 Å². The van der Waals surface area contributed by atoms with E-state index in [0.29, 0.717) is 5.75 Å². The molecule has 0 aromatic heterocycles. The Bertz CT molecular complexity index is 883. The average molecular weight is 457 g/mol. The fraction of sp³-hybridized carbons (Fsp3) is 0.500. The predicted octanol–water partition coefficient (Wildman–Crippen LogP) is 3.27. The maximum absolute atomic E-state index is 11.7. The third-order valence-electron chi connectivity index (χ3n) is 5.19. The van der Waals surface area contributed by atoms with Crippen molar-refractivity contribution in [2.75, 3.05) is 0 Å². The smallest absolute Gasteiger partial charge is 0.872 e. The molecule has 0 spiro atoms. The Morgan fingerprint density at radius 2 is 1.42 bits per heavy atom. The number of para-hydroxylation sites is 1. The topological polar surface area (TPSA) is 86.7 Å². The van der Waals surface area contributed by atoms with Gasteiger partial charge in [-0.1, -0.05) is 89.0 Å². The minimum absolute atomic E-state index is 0. The zero-order chi connectivity index (χ0) is 21.8. The second kappa shape index (κ2) is 14.9. The molecule has 0 fully saturated rings.